The summed E-state index contributed by atoms with van der Waals surface area (Å²) >= 11 is 7.28. The van der Waals surface area contributed by atoms with Gasteiger partial charge in [0.15, 0.2) is 5.11 Å². The van der Waals surface area contributed by atoms with Crippen LogP contribution in [-0.2, 0) is 17.6 Å². The van der Waals surface area contributed by atoms with Crippen LogP contribution in [-0.4, -0.2) is 24.2 Å². The number of carbonyl (C=O) groups is 1. The van der Waals surface area contributed by atoms with Gasteiger partial charge in [-0.2, -0.15) is 0 Å². The minimum atomic E-state index is -0.254. The minimum Gasteiger partial charge on any atom is -0.465 e. The molecule has 0 bridgehead atoms. The molecule has 0 atom stereocenters. The molecule has 28 heavy (non-hydrogen) atoms. The number of fused-ring (bicyclic) bond motifs is 1. The third-order valence-electron chi connectivity index (χ3n) is 6.33. The van der Waals surface area contributed by atoms with E-state index in [0.29, 0.717) is 22.1 Å². The van der Waals surface area contributed by atoms with E-state index in [1.165, 1.54) is 43.2 Å². The van der Waals surface area contributed by atoms with Crippen molar-refractivity contribution >= 4 is 39.6 Å². The maximum Gasteiger partial charge on any atom is 0.341 e. The number of rotatable bonds is 3. The summed E-state index contributed by atoms with van der Waals surface area (Å²) in [4.78, 5) is 13.8. The number of anilines is 1. The van der Waals surface area contributed by atoms with Gasteiger partial charge in [-0.15, -0.1) is 11.3 Å². The first-order valence-electron chi connectivity index (χ1n) is 10.6. The van der Waals surface area contributed by atoms with Gasteiger partial charge in [0.2, 0.25) is 0 Å². The summed E-state index contributed by atoms with van der Waals surface area (Å²) in [5, 5.41) is 8.29. The summed E-state index contributed by atoms with van der Waals surface area (Å²) in [6.07, 6.45) is 10.3. The molecule has 0 aliphatic heterocycles. The van der Waals surface area contributed by atoms with Gasteiger partial charge in [0.25, 0.3) is 0 Å². The van der Waals surface area contributed by atoms with Crippen LogP contribution in [0.25, 0.3) is 0 Å². The molecule has 3 rings (SSSR count). The van der Waals surface area contributed by atoms with Crippen LogP contribution in [0.2, 0.25) is 0 Å². The molecule has 1 aromatic rings. The topological polar surface area (TPSA) is 50.4 Å². The third-order valence-corrected chi connectivity index (χ3v) is 7.75. The van der Waals surface area contributed by atoms with Gasteiger partial charge in [-0.3, -0.25) is 0 Å². The van der Waals surface area contributed by atoms with Gasteiger partial charge in [0.05, 0.1) is 12.7 Å². The zero-order valence-electron chi connectivity index (χ0n) is 17.7. The number of thiocarbonyl (C=S) groups is 1. The van der Waals surface area contributed by atoms with E-state index in [2.05, 4.69) is 31.4 Å². The molecule has 1 heterocycles. The molecule has 0 aromatic carbocycles. The van der Waals surface area contributed by atoms with Gasteiger partial charge in [-0.05, 0) is 80.5 Å². The van der Waals surface area contributed by atoms with Crippen LogP contribution in [0, 0.1) is 11.3 Å². The summed E-state index contributed by atoms with van der Waals surface area (Å²) in [5.74, 6) is 0.529. The highest BCUT2D eigenvalue weighted by Gasteiger charge is 2.30. The number of carbonyl (C=O) groups excluding carboxylic acids is 1. The van der Waals surface area contributed by atoms with Crippen molar-refractivity contribution in [3.05, 3.63) is 16.0 Å². The molecular weight excluding hydrogens is 388 g/mol. The lowest BCUT2D eigenvalue weighted by Gasteiger charge is -2.37. The van der Waals surface area contributed by atoms with Crippen LogP contribution in [0.3, 0.4) is 0 Å². The van der Waals surface area contributed by atoms with E-state index in [4.69, 9.17) is 17.0 Å². The first-order valence-corrected chi connectivity index (χ1v) is 11.8. The van der Waals surface area contributed by atoms with E-state index in [9.17, 15) is 4.79 Å². The van der Waals surface area contributed by atoms with Crippen molar-refractivity contribution in [3.8, 4) is 0 Å². The maximum atomic E-state index is 12.5. The standard InChI is InChI=1S/C22H34N2O2S2/c1-22(2,3)14-10-12-15(13-11-14)23-21(27)24-19-18(20(25)26-4)16-8-6-5-7-9-17(16)28-19/h14-15H,5-13H2,1-4H3,(H2,23,24,27). The first kappa shape index (κ1) is 21.6. The van der Waals surface area contributed by atoms with Crippen molar-refractivity contribution in [3.63, 3.8) is 0 Å². The third kappa shape index (κ3) is 5.07. The van der Waals surface area contributed by atoms with Gasteiger partial charge >= 0.3 is 5.97 Å². The number of aryl methyl sites for hydroxylation is 1. The Bertz CT molecular complexity index is 713. The Morgan fingerprint density at radius 3 is 2.43 bits per heavy atom. The van der Waals surface area contributed by atoms with E-state index in [0.717, 1.165) is 43.0 Å². The lowest BCUT2D eigenvalue weighted by molar-refractivity contribution is 0.0601. The molecule has 2 aliphatic carbocycles. The summed E-state index contributed by atoms with van der Waals surface area (Å²) in [5.41, 5.74) is 2.25. The second-order valence-electron chi connectivity index (χ2n) is 9.27. The average Bonchev–Trinajstić information content (AvgIpc) is 2.81. The Morgan fingerprint density at radius 2 is 1.79 bits per heavy atom. The molecule has 4 nitrogen and oxygen atoms in total. The lowest BCUT2D eigenvalue weighted by atomic mass is 9.71. The molecule has 2 N–H and O–H groups in total. The van der Waals surface area contributed by atoms with E-state index in [1.54, 1.807) is 11.3 Å². The molecule has 0 radical (unpaired) electrons. The normalized spacial score (nSPS) is 22.7. The van der Waals surface area contributed by atoms with Crippen LogP contribution in [0.5, 0.6) is 0 Å². The minimum absolute atomic E-state index is 0.254. The molecule has 156 valence electrons. The molecule has 2 aliphatic rings. The molecule has 0 spiro atoms. The molecule has 0 amide bonds. The second kappa shape index (κ2) is 9.12. The number of esters is 1. The summed E-state index contributed by atoms with van der Waals surface area (Å²) < 4.78 is 5.08. The van der Waals surface area contributed by atoms with E-state index >= 15 is 0 Å². The Hall–Kier alpha value is -1.14. The number of hydrogen-bond donors (Lipinski definition) is 2. The summed E-state index contributed by atoms with van der Waals surface area (Å²) in [7, 11) is 1.46. The second-order valence-corrected chi connectivity index (χ2v) is 10.8. The number of nitrogens with one attached hydrogen (secondary N) is 2. The van der Waals surface area contributed by atoms with Crippen molar-refractivity contribution < 1.29 is 9.53 Å². The van der Waals surface area contributed by atoms with E-state index in [1.807, 2.05) is 0 Å². The largest absolute Gasteiger partial charge is 0.465 e. The number of ether oxygens (including phenoxy) is 1. The van der Waals surface area contributed by atoms with Crippen LogP contribution in [0.4, 0.5) is 5.00 Å². The molecule has 1 fully saturated rings. The molecule has 1 aromatic heterocycles. The zero-order valence-corrected chi connectivity index (χ0v) is 19.3. The zero-order chi connectivity index (χ0) is 20.3. The van der Waals surface area contributed by atoms with E-state index in [-0.39, 0.29) is 5.97 Å². The Morgan fingerprint density at radius 1 is 1.11 bits per heavy atom. The Balaban J connectivity index is 1.65. The lowest BCUT2D eigenvalue weighted by Crippen LogP contribution is -2.41. The van der Waals surface area contributed by atoms with Gasteiger partial charge in [0.1, 0.15) is 5.00 Å². The van der Waals surface area contributed by atoms with Crippen LogP contribution in [0.15, 0.2) is 0 Å². The molecular formula is C22H34N2O2S2. The molecule has 6 heteroatoms. The van der Waals surface area contributed by atoms with Gasteiger partial charge in [-0.25, -0.2) is 4.79 Å². The fourth-order valence-electron chi connectivity index (χ4n) is 4.58. The smallest absolute Gasteiger partial charge is 0.341 e. The summed E-state index contributed by atoms with van der Waals surface area (Å²) in [6, 6.07) is 0.415. The number of methoxy groups -OCH3 is 1. The van der Waals surface area contributed by atoms with Crippen molar-refractivity contribution in [1.82, 2.24) is 5.32 Å². The van der Waals surface area contributed by atoms with Crippen molar-refractivity contribution in [2.75, 3.05) is 12.4 Å². The quantitative estimate of drug-likeness (QED) is 0.372. The highest BCUT2D eigenvalue weighted by atomic mass is 32.1. The highest BCUT2D eigenvalue weighted by molar-refractivity contribution is 7.80. The van der Waals surface area contributed by atoms with Gasteiger partial charge in [-0.1, -0.05) is 27.2 Å². The van der Waals surface area contributed by atoms with Gasteiger partial charge in [0, 0.05) is 10.9 Å². The van der Waals surface area contributed by atoms with Crippen LogP contribution < -0.4 is 10.6 Å². The van der Waals surface area contributed by atoms with Crippen molar-refractivity contribution in [2.45, 2.75) is 84.6 Å². The number of thiophene rings is 1. The summed E-state index contributed by atoms with van der Waals surface area (Å²) in [6.45, 7) is 7.02. The monoisotopic (exact) mass is 422 g/mol. The van der Waals surface area contributed by atoms with E-state index < -0.39 is 0 Å². The first-order chi connectivity index (χ1) is 13.3. The maximum absolute atomic E-state index is 12.5. The predicted octanol–water partition coefficient (Wildman–Crippen LogP) is 5.69. The SMILES string of the molecule is COC(=O)c1c(NC(=S)NC2CCC(C(C)(C)C)CC2)sc2c1CCCCC2. The van der Waals surface area contributed by atoms with Gasteiger partial charge < -0.3 is 15.4 Å². The van der Waals surface area contributed by atoms with Crippen LogP contribution >= 0.6 is 23.6 Å². The molecule has 0 unspecified atom stereocenters. The fraction of sp³-hybridized carbons (Fsp3) is 0.727. The highest BCUT2D eigenvalue weighted by Crippen LogP contribution is 2.39. The Labute approximate surface area is 178 Å². The number of hydrogen-bond acceptors (Lipinski definition) is 4. The predicted molar refractivity (Wildman–Crippen MR) is 121 cm³/mol. The molecule has 1 saturated carbocycles. The average molecular weight is 423 g/mol. The van der Waals surface area contributed by atoms with Crippen LogP contribution in [0.1, 0.15) is 86.5 Å². The van der Waals surface area contributed by atoms with Crippen molar-refractivity contribution in [1.29, 1.82) is 0 Å². The fourth-order valence-corrected chi connectivity index (χ4v) is 6.19. The molecule has 0 saturated heterocycles. The Kier molecular flexibility index (Phi) is 7.02. The van der Waals surface area contributed by atoms with Crippen molar-refractivity contribution in [2.24, 2.45) is 11.3 Å².